The van der Waals surface area contributed by atoms with Gasteiger partial charge in [0.25, 0.3) is 0 Å². The van der Waals surface area contributed by atoms with Crippen LogP contribution in [0.4, 0.5) is 4.39 Å². The Hall–Kier alpha value is -3.24. The van der Waals surface area contributed by atoms with Crippen molar-refractivity contribution >= 4 is 28.3 Å². The van der Waals surface area contributed by atoms with E-state index < -0.39 is 5.82 Å². The molecule has 0 spiro atoms. The minimum atomic E-state index is -0.476. The summed E-state index contributed by atoms with van der Waals surface area (Å²) in [6.07, 6.45) is 1.42. The van der Waals surface area contributed by atoms with Crippen molar-refractivity contribution < 1.29 is 13.9 Å². The Bertz CT molecular complexity index is 1160. The average Bonchev–Trinajstić information content (AvgIpc) is 2.73. The van der Waals surface area contributed by atoms with Crippen LogP contribution in [0.25, 0.3) is 10.9 Å². The van der Waals surface area contributed by atoms with Gasteiger partial charge in [-0.25, -0.2) is 4.39 Å². The zero-order chi connectivity index (χ0) is 19.5. The number of carbonyl (C=O) groups is 1. The fourth-order valence-electron chi connectivity index (χ4n) is 2.91. The molecule has 4 aromatic rings. The summed E-state index contributed by atoms with van der Waals surface area (Å²) in [6.45, 7) is 0.441. The number of rotatable bonds is 5. The van der Waals surface area contributed by atoms with Gasteiger partial charge in [-0.1, -0.05) is 54.1 Å². The van der Waals surface area contributed by atoms with Crippen molar-refractivity contribution in [1.29, 1.82) is 0 Å². The Balaban J connectivity index is 1.62. The lowest BCUT2D eigenvalue weighted by Crippen LogP contribution is -2.04. The van der Waals surface area contributed by atoms with Gasteiger partial charge in [0.05, 0.1) is 16.1 Å². The predicted octanol–water partition coefficient (Wildman–Crippen LogP) is 5.84. The van der Waals surface area contributed by atoms with Crippen LogP contribution in [0.15, 0.2) is 79.0 Å². The Morgan fingerprint density at radius 3 is 2.61 bits per heavy atom. The van der Waals surface area contributed by atoms with Crippen LogP contribution in [-0.4, -0.2) is 10.8 Å². The Morgan fingerprint density at radius 2 is 1.82 bits per heavy atom. The van der Waals surface area contributed by atoms with Crippen molar-refractivity contribution in [3.05, 3.63) is 107 Å². The number of halogens is 2. The molecule has 0 aliphatic carbocycles. The van der Waals surface area contributed by atoms with E-state index >= 15 is 0 Å². The fraction of sp³-hybridized carbons (Fsp3) is 0.0435. The molecular weight excluding hydrogens is 377 g/mol. The molecule has 1 heterocycles. The maximum Gasteiger partial charge on any atom is 0.196 e. The van der Waals surface area contributed by atoms with Gasteiger partial charge in [0.1, 0.15) is 18.2 Å². The van der Waals surface area contributed by atoms with Crippen LogP contribution in [0.5, 0.6) is 5.75 Å². The third-order valence-corrected chi connectivity index (χ3v) is 4.76. The van der Waals surface area contributed by atoms with Crippen LogP contribution < -0.4 is 4.74 Å². The van der Waals surface area contributed by atoms with Gasteiger partial charge in [0.15, 0.2) is 5.78 Å². The first-order valence-electron chi connectivity index (χ1n) is 8.67. The van der Waals surface area contributed by atoms with E-state index in [9.17, 15) is 9.18 Å². The van der Waals surface area contributed by atoms with Crippen molar-refractivity contribution in [3.63, 3.8) is 0 Å². The molecule has 0 bridgehead atoms. The molecule has 28 heavy (non-hydrogen) atoms. The molecule has 138 valence electrons. The van der Waals surface area contributed by atoms with Gasteiger partial charge in [-0.3, -0.25) is 9.78 Å². The second-order valence-corrected chi connectivity index (χ2v) is 6.66. The van der Waals surface area contributed by atoms with E-state index in [1.54, 1.807) is 24.3 Å². The lowest BCUT2D eigenvalue weighted by atomic mass is 10.0. The number of aromatic nitrogens is 1. The topological polar surface area (TPSA) is 39.2 Å². The van der Waals surface area contributed by atoms with Crippen LogP contribution in [0, 0.1) is 5.82 Å². The monoisotopic (exact) mass is 391 g/mol. The van der Waals surface area contributed by atoms with E-state index in [1.807, 2.05) is 30.3 Å². The highest BCUT2D eigenvalue weighted by Gasteiger charge is 2.17. The maximum absolute atomic E-state index is 13.4. The lowest BCUT2D eigenvalue weighted by molar-refractivity contribution is 0.103. The summed E-state index contributed by atoms with van der Waals surface area (Å²) in [5.74, 6) is -0.191. The van der Waals surface area contributed by atoms with Crippen molar-refractivity contribution in [2.24, 2.45) is 0 Å². The summed E-state index contributed by atoms with van der Waals surface area (Å²) < 4.78 is 19.2. The maximum atomic E-state index is 13.4. The SMILES string of the molecule is O=C(c1cccc(F)c1)c1cnc2cc(OCc3ccccc3)ccc2c1Cl. The molecule has 0 amide bonds. The Morgan fingerprint density at radius 1 is 1.00 bits per heavy atom. The van der Waals surface area contributed by atoms with Crippen molar-refractivity contribution in [1.82, 2.24) is 4.98 Å². The zero-order valence-corrected chi connectivity index (χ0v) is 15.5. The molecule has 3 aromatic carbocycles. The van der Waals surface area contributed by atoms with Crippen molar-refractivity contribution in [2.75, 3.05) is 0 Å². The molecule has 0 aliphatic heterocycles. The Labute approximate surface area is 166 Å². The zero-order valence-electron chi connectivity index (χ0n) is 14.7. The molecule has 0 N–H and O–H groups in total. The Kier molecular flexibility index (Phi) is 5.04. The van der Waals surface area contributed by atoms with Crippen LogP contribution >= 0.6 is 11.6 Å². The van der Waals surface area contributed by atoms with Crippen LogP contribution in [0.2, 0.25) is 5.02 Å². The molecule has 0 saturated carbocycles. The number of carbonyl (C=O) groups excluding carboxylic acids is 1. The first-order chi connectivity index (χ1) is 13.6. The number of nitrogens with zero attached hydrogens (tertiary/aromatic N) is 1. The highest BCUT2D eigenvalue weighted by atomic mass is 35.5. The summed E-state index contributed by atoms with van der Waals surface area (Å²) in [4.78, 5) is 17.0. The van der Waals surface area contributed by atoms with Crippen LogP contribution in [-0.2, 0) is 6.61 Å². The fourth-order valence-corrected chi connectivity index (χ4v) is 3.21. The summed E-state index contributed by atoms with van der Waals surface area (Å²) in [7, 11) is 0. The van der Waals surface area contributed by atoms with E-state index in [0.717, 1.165) is 5.56 Å². The summed E-state index contributed by atoms with van der Waals surface area (Å²) in [6, 6.07) is 20.7. The highest BCUT2D eigenvalue weighted by Crippen LogP contribution is 2.30. The summed E-state index contributed by atoms with van der Waals surface area (Å²) >= 11 is 6.46. The number of hydrogen-bond donors (Lipinski definition) is 0. The number of ether oxygens (including phenoxy) is 1. The molecule has 3 nitrogen and oxygen atoms in total. The molecule has 1 aromatic heterocycles. The summed E-state index contributed by atoms with van der Waals surface area (Å²) in [5, 5.41) is 0.921. The van der Waals surface area contributed by atoms with Gasteiger partial charge in [-0.15, -0.1) is 0 Å². The van der Waals surface area contributed by atoms with Gasteiger partial charge in [0.2, 0.25) is 0 Å². The highest BCUT2D eigenvalue weighted by molar-refractivity contribution is 6.39. The number of hydrogen-bond acceptors (Lipinski definition) is 3. The van der Waals surface area contributed by atoms with E-state index in [0.29, 0.717) is 23.3 Å². The van der Waals surface area contributed by atoms with Gasteiger partial charge in [0, 0.05) is 23.2 Å². The molecule has 0 fully saturated rings. The first-order valence-corrected chi connectivity index (χ1v) is 9.05. The molecular formula is C23H15ClFNO2. The van der Waals surface area contributed by atoms with E-state index in [2.05, 4.69) is 4.98 Å². The minimum absolute atomic E-state index is 0.228. The third kappa shape index (κ3) is 3.73. The largest absolute Gasteiger partial charge is 0.489 e. The standard InChI is InChI=1S/C23H15ClFNO2/c24-22-19-10-9-18(28-14-15-5-2-1-3-6-15)12-21(19)26-13-20(22)23(27)16-7-4-8-17(25)11-16/h1-13H,14H2. The van der Waals surface area contributed by atoms with Gasteiger partial charge in [-0.05, 0) is 29.8 Å². The van der Waals surface area contributed by atoms with Crippen LogP contribution in [0.3, 0.4) is 0 Å². The molecule has 4 rings (SSSR count). The number of pyridine rings is 1. The quantitative estimate of drug-likeness (QED) is 0.401. The normalized spacial score (nSPS) is 10.8. The second-order valence-electron chi connectivity index (χ2n) is 6.28. The van der Waals surface area contributed by atoms with Gasteiger partial charge >= 0.3 is 0 Å². The average molecular weight is 392 g/mol. The lowest BCUT2D eigenvalue weighted by Gasteiger charge is -2.10. The van der Waals surface area contributed by atoms with E-state index in [4.69, 9.17) is 16.3 Å². The van der Waals surface area contributed by atoms with E-state index in [-0.39, 0.29) is 21.9 Å². The number of benzene rings is 3. The predicted molar refractivity (Wildman–Crippen MR) is 107 cm³/mol. The molecule has 0 atom stereocenters. The molecule has 0 aliphatic rings. The van der Waals surface area contributed by atoms with Crippen molar-refractivity contribution in [2.45, 2.75) is 6.61 Å². The summed E-state index contributed by atoms with van der Waals surface area (Å²) in [5.41, 5.74) is 2.14. The number of ketones is 1. The van der Waals surface area contributed by atoms with Crippen molar-refractivity contribution in [3.8, 4) is 5.75 Å². The van der Waals surface area contributed by atoms with Gasteiger partial charge < -0.3 is 4.74 Å². The molecule has 0 unspecified atom stereocenters. The van der Waals surface area contributed by atoms with E-state index in [1.165, 1.54) is 24.4 Å². The first kappa shape index (κ1) is 18.1. The second kappa shape index (κ2) is 7.79. The molecule has 0 saturated heterocycles. The molecule has 5 heteroatoms. The minimum Gasteiger partial charge on any atom is -0.489 e. The van der Waals surface area contributed by atoms with Gasteiger partial charge in [-0.2, -0.15) is 0 Å². The van der Waals surface area contributed by atoms with Crippen LogP contribution in [0.1, 0.15) is 21.5 Å². The smallest absolute Gasteiger partial charge is 0.196 e. The molecule has 0 radical (unpaired) electrons. The number of fused-ring (bicyclic) bond motifs is 1. The third-order valence-electron chi connectivity index (χ3n) is 4.35.